The first-order valence-electron chi connectivity index (χ1n) is 3.80. The minimum absolute atomic E-state index is 0.496. The molecule has 3 nitrogen and oxygen atoms in total. The second-order valence-corrected chi connectivity index (χ2v) is 2.72. The van der Waals surface area contributed by atoms with E-state index in [-0.39, 0.29) is 0 Å². The van der Waals surface area contributed by atoms with Crippen LogP contribution in [0.1, 0.15) is 5.56 Å². The van der Waals surface area contributed by atoms with E-state index in [1.807, 2.05) is 30.3 Å². The third kappa shape index (κ3) is 2.36. The lowest BCUT2D eigenvalue weighted by atomic mass is 10.1. The van der Waals surface area contributed by atoms with E-state index in [1.165, 1.54) is 0 Å². The van der Waals surface area contributed by atoms with Gasteiger partial charge in [-0.1, -0.05) is 30.3 Å². The number of carbonyl (C=O) groups is 1. The highest BCUT2D eigenvalue weighted by atomic mass is 16.4. The predicted octanol–water partition coefficient (Wildman–Crippen LogP) is -0.0758. The van der Waals surface area contributed by atoms with Crippen molar-refractivity contribution >= 4 is 5.97 Å². The van der Waals surface area contributed by atoms with Crippen molar-refractivity contribution in [2.45, 2.75) is 12.5 Å². The molecule has 1 aromatic rings. The summed E-state index contributed by atoms with van der Waals surface area (Å²) in [6.45, 7) is 0. The first kappa shape index (κ1) is 8.74. The van der Waals surface area contributed by atoms with Crippen molar-refractivity contribution in [2.75, 3.05) is 0 Å². The van der Waals surface area contributed by atoms with E-state index in [4.69, 9.17) is 5.11 Å². The number of carboxylic acids is 1. The molecule has 0 spiro atoms. The third-order valence-electron chi connectivity index (χ3n) is 1.67. The van der Waals surface area contributed by atoms with Gasteiger partial charge in [0.2, 0.25) is 0 Å². The number of hydrogen-bond acceptors (Lipinski definition) is 1. The molecule has 0 radical (unpaired) electrons. The molecule has 12 heavy (non-hydrogen) atoms. The molecule has 0 saturated heterocycles. The monoisotopic (exact) mass is 166 g/mol. The van der Waals surface area contributed by atoms with Gasteiger partial charge in [-0.25, -0.2) is 4.79 Å². The predicted molar refractivity (Wildman–Crippen MR) is 44.5 cm³/mol. The Kier molecular flexibility index (Phi) is 2.82. The van der Waals surface area contributed by atoms with Crippen LogP contribution in [-0.2, 0) is 11.2 Å². The van der Waals surface area contributed by atoms with Crippen LogP contribution in [0.5, 0.6) is 0 Å². The van der Waals surface area contributed by atoms with Gasteiger partial charge in [0.25, 0.3) is 0 Å². The van der Waals surface area contributed by atoms with Gasteiger partial charge in [0.15, 0.2) is 6.04 Å². The smallest absolute Gasteiger partial charge is 0.362 e. The lowest BCUT2D eigenvalue weighted by Crippen LogP contribution is -2.65. The molecule has 0 unspecified atom stereocenters. The number of carboxylic acid groups (broad SMARTS) is 1. The quantitative estimate of drug-likeness (QED) is 0.659. The molecular formula is C9H12NO2+. The Hall–Kier alpha value is -1.35. The van der Waals surface area contributed by atoms with E-state index < -0.39 is 12.0 Å². The van der Waals surface area contributed by atoms with E-state index in [2.05, 4.69) is 5.73 Å². The molecule has 0 aliphatic heterocycles. The average Bonchev–Trinajstić information content (AvgIpc) is 2.06. The van der Waals surface area contributed by atoms with E-state index in [0.29, 0.717) is 6.42 Å². The van der Waals surface area contributed by atoms with Crippen LogP contribution in [-0.4, -0.2) is 17.1 Å². The molecule has 0 aliphatic rings. The van der Waals surface area contributed by atoms with Crippen molar-refractivity contribution in [3.63, 3.8) is 0 Å². The van der Waals surface area contributed by atoms with Crippen molar-refractivity contribution in [1.82, 2.24) is 0 Å². The Morgan fingerprint density at radius 2 is 2.00 bits per heavy atom. The zero-order chi connectivity index (χ0) is 8.97. The van der Waals surface area contributed by atoms with E-state index in [0.717, 1.165) is 5.56 Å². The Morgan fingerprint density at radius 3 is 2.50 bits per heavy atom. The second-order valence-electron chi connectivity index (χ2n) is 2.72. The zero-order valence-electron chi connectivity index (χ0n) is 6.73. The van der Waals surface area contributed by atoms with Gasteiger partial charge in [-0.2, -0.15) is 0 Å². The summed E-state index contributed by atoms with van der Waals surface area (Å²) in [4.78, 5) is 10.4. The number of aliphatic carboxylic acids is 1. The van der Waals surface area contributed by atoms with Gasteiger partial charge in [0.1, 0.15) is 0 Å². The molecular weight excluding hydrogens is 154 g/mol. The molecule has 3 heteroatoms. The maximum Gasteiger partial charge on any atom is 0.362 e. The van der Waals surface area contributed by atoms with E-state index in [9.17, 15) is 4.79 Å². The number of rotatable bonds is 3. The van der Waals surface area contributed by atoms with E-state index >= 15 is 0 Å². The van der Waals surface area contributed by atoms with Crippen molar-refractivity contribution in [1.29, 1.82) is 0 Å². The van der Waals surface area contributed by atoms with Crippen molar-refractivity contribution in [3.05, 3.63) is 35.9 Å². The van der Waals surface area contributed by atoms with Gasteiger partial charge in [0, 0.05) is 6.42 Å². The normalized spacial score (nSPS) is 12.4. The van der Waals surface area contributed by atoms with Crippen LogP contribution >= 0.6 is 0 Å². The Labute approximate surface area is 70.8 Å². The fourth-order valence-corrected chi connectivity index (χ4v) is 0.986. The molecule has 4 N–H and O–H groups in total. The summed E-state index contributed by atoms with van der Waals surface area (Å²) in [6.07, 6.45) is 0.496. The van der Waals surface area contributed by atoms with Gasteiger partial charge < -0.3 is 10.8 Å². The van der Waals surface area contributed by atoms with Crippen LogP contribution in [0.3, 0.4) is 0 Å². The number of benzene rings is 1. The second kappa shape index (κ2) is 3.88. The first-order valence-corrected chi connectivity index (χ1v) is 3.80. The van der Waals surface area contributed by atoms with Gasteiger partial charge >= 0.3 is 5.97 Å². The number of hydrogen-bond donors (Lipinski definition) is 2. The summed E-state index contributed by atoms with van der Waals surface area (Å²) in [5.74, 6) is -0.848. The fraction of sp³-hybridized carbons (Fsp3) is 0.222. The molecule has 0 bridgehead atoms. The summed E-state index contributed by atoms with van der Waals surface area (Å²) in [5, 5.41) is 8.58. The summed E-state index contributed by atoms with van der Waals surface area (Å²) >= 11 is 0. The van der Waals surface area contributed by atoms with Crippen molar-refractivity contribution < 1.29 is 15.6 Å². The summed E-state index contributed by atoms with van der Waals surface area (Å²) in [5.41, 5.74) is 4.55. The molecule has 0 aromatic heterocycles. The highest BCUT2D eigenvalue weighted by Crippen LogP contribution is 2.00. The molecule has 64 valence electrons. The van der Waals surface area contributed by atoms with Crippen LogP contribution in [0.25, 0.3) is 0 Å². The molecule has 0 fully saturated rings. The molecule has 1 atom stereocenters. The molecule has 0 aliphatic carbocycles. The maximum absolute atomic E-state index is 10.4. The van der Waals surface area contributed by atoms with Crippen LogP contribution in [0.4, 0.5) is 0 Å². The Bertz CT molecular complexity index is 258. The van der Waals surface area contributed by atoms with Crippen molar-refractivity contribution in [3.8, 4) is 0 Å². The Morgan fingerprint density at radius 1 is 1.42 bits per heavy atom. The topological polar surface area (TPSA) is 64.9 Å². The lowest BCUT2D eigenvalue weighted by Gasteiger charge is -2.02. The lowest BCUT2D eigenvalue weighted by molar-refractivity contribution is -0.407. The van der Waals surface area contributed by atoms with Crippen LogP contribution in [0.15, 0.2) is 30.3 Å². The SMILES string of the molecule is [NH3+][C@@H](Cc1ccccc1)C(=O)O. The third-order valence-corrected chi connectivity index (χ3v) is 1.67. The average molecular weight is 166 g/mol. The first-order chi connectivity index (χ1) is 5.70. The van der Waals surface area contributed by atoms with Crippen LogP contribution < -0.4 is 5.73 Å². The van der Waals surface area contributed by atoms with E-state index in [1.54, 1.807) is 0 Å². The molecule has 0 amide bonds. The largest absolute Gasteiger partial charge is 0.477 e. The van der Waals surface area contributed by atoms with Gasteiger partial charge in [-0.15, -0.1) is 0 Å². The molecule has 1 rings (SSSR count). The van der Waals surface area contributed by atoms with Crippen molar-refractivity contribution in [2.24, 2.45) is 0 Å². The standard InChI is InChI=1S/C9H11NO2/c10-8(9(11)12)6-7-4-2-1-3-5-7/h1-5,8H,6,10H2,(H,11,12)/p+1/t8-/m0/s1. The number of quaternary nitrogens is 1. The van der Waals surface area contributed by atoms with Crippen LogP contribution in [0, 0.1) is 0 Å². The van der Waals surface area contributed by atoms with Gasteiger partial charge in [-0.05, 0) is 5.56 Å². The highest BCUT2D eigenvalue weighted by molar-refractivity contribution is 5.71. The molecule has 0 heterocycles. The summed E-state index contributed by atoms with van der Waals surface area (Å²) < 4.78 is 0. The van der Waals surface area contributed by atoms with Gasteiger partial charge in [0.05, 0.1) is 0 Å². The zero-order valence-corrected chi connectivity index (χ0v) is 6.73. The highest BCUT2D eigenvalue weighted by Gasteiger charge is 2.15. The molecule has 1 aromatic carbocycles. The minimum Gasteiger partial charge on any atom is -0.477 e. The minimum atomic E-state index is -0.848. The summed E-state index contributed by atoms with van der Waals surface area (Å²) in [7, 11) is 0. The Balaban J connectivity index is 2.58. The fourth-order valence-electron chi connectivity index (χ4n) is 0.986. The maximum atomic E-state index is 10.4. The molecule has 0 saturated carbocycles. The van der Waals surface area contributed by atoms with Crippen LogP contribution in [0.2, 0.25) is 0 Å². The van der Waals surface area contributed by atoms with Gasteiger partial charge in [-0.3, -0.25) is 0 Å². The summed E-state index contributed by atoms with van der Waals surface area (Å²) in [6, 6.07) is 8.95.